The maximum absolute atomic E-state index is 4.99. The first-order chi connectivity index (χ1) is 19.8. The summed E-state index contributed by atoms with van der Waals surface area (Å²) in [5.41, 5.74) is 8.12. The SMILES string of the molecule is c1ccc(-c2nc(-c3ccccc3)nc(-c3ccc(-n4c5ccccc5n5c6ccccc6nc45)cc3)n2)cc1. The molecule has 8 rings (SSSR count). The molecular weight excluding hydrogens is 492 g/mol. The lowest BCUT2D eigenvalue weighted by molar-refractivity contribution is 1.07. The van der Waals surface area contributed by atoms with E-state index < -0.39 is 0 Å². The van der Waals surface area contributed by atoms with Crippen LogP contribution in [0.5, 0.6) is 0 Å². The number of hydrogen-bond acceptors (Lipinski definition) is 4. The molecule has 6 heteroatoms. The third kappa shape index (κ3) is 3.58. The van der Waals surface area contributed by atoms with Crippen molar-refractivity contribution < 1.29 is 0 Å². The van der Waals surface area contributed by atoms with E-state index in [0.717, 1.165) is 50.2 Å². The van der Waals surface area contributed by atoms with Crippen LogP contribution in [0.4, 0.5) is 0 Å². The molecule has 0 N–H and O–H groups in total. The zero-order chi connectivity index (χ0) is 26.5. The van der Waals surface area contributed by atoms with E-state index >= 15 is 0 Å². The number of benzene rings is 5. The molecule has 3 heterocycles. The lowest BCUT2D eigenvalue weighted by Gasteiger charge is -2.10. The van der Waals surface area contributed by atoms with Crippen LogP contribution in [0.3, 0.4) is 0 Å². The van der Waals surface area contributed by atoms with Gasteiger partial charge in [-0.05, 0) is 48.5 Å². The molecule has 0 bridgehead atoms. The molecule has 188 valence electrons. The quantitative estimate of drug-likeness (QED) is 0.242. The number of aromatic nitrogens is 6. The molecule has 0 radical (unpaired) electrons. The summed E-state index contributed by atoms with van der Waals surface area (Å²) in [6.07, 6.45) is 0. The van der Waals surface area contributed by atoms with E-state index in [1.165, 1.54) is 0 Å². The third-order valence-corrected chi connectivity index (χ3v) is 7.19. The van der Waals surface area contributed by atoms with Gasteiger partial charge in [-0.1, -0.05) is 84.9 Å². The van der Waals surface area contributed by atoms with Gasteiger partial charge in [0.25, 0.3) is 0 Å². The second kappa shape index (κ2) is 8.99. The van der Waals surface area contributed by atoms with Crippen LogP contribution in [-0.2, 0) is 0 Å². The number of imidazole rings is 2. The molecule has 0 amide bonds. The minimum atomic E-state index is 0.633. The molecule has 0 atom stereocenters. The zero-order valence-corrected chi connectivity index (χ0v) is 21.4. The van der Waals surface area contributed by atoms with E-state index in [4.69, 9.17) is 19.9 Å². The first kappa shape index (κ1) is 22.4. The molecule has 0 saturated heterocycles. The van der Waals surface area contributed by atoms with Crippen LogP contribution in [0.2, 0.25) is 0 Å². The molecule has 0 aliphatic heterocycles. The highest BCUT2D eigenvalue weighted by atomic mass is 15.2. The molecule has 0 aliphatic rings. The fourth-order valence-corrected chi connectivity index (χ4v) is 5.30. The maximum Gasteiger partial charge on any atom is 0.220 e. The molecule has 0 aliphatic carbocycles. The zero-order valence-electron chi connectivity index (χ0n) is 21.4. The van der Waals surface area contributed by atoms with Crippen molar-refractivity contribution in [1.29, 1.82) is 0 Å². The van der Waals surface area contributed by atoms with Crippen LogP contribution in [0.1, 0.15) is 0 Å². The van der Waals surface area contributed by atoms with Gasteiger partial charge in [0.2, 0.25) is 5.78 Å². The summed E-state index contributed by atoms with van der Waals surface area (Å²) in [6.45, 7) is 0. The topological polar surface area (TPSA) is 60.9 Å². The van der Waals surface area contributed by atoms with Gasteiger partial charge in [-0.15, -0.1) is 0 Å². The number of nitrogens with zero attached hydrogens (tertiary/aromatic N) is 6. The van der Waals surface area contributed by atoms with Crippen molar-refractivity contribution in [2.24, 2.45) is 0 Å². The Balaban J connectivity index is 1.28. The van der Waals surface area contributed by atoms with E-state index in [2.05, 4.69) is 75.7 Å². The van der Waals surface area contributed by atoms with Gasteiger partial charge in [0.05, 0.1) is 22.1 Å². The Morgan fingerprint density at radius 1 is 0.375 bits per heavy atom. The van der Waals surface area contributed by atoms with Crippen LogP contribution in [-0.4, -0.2) is 28.9 Å². The fourth-order valence-electron chi connectivity index (χ4n) is 5.30. The van der Waals surface area contributed by atoms with Crippen LogP contribution in [0.15, 0.2) is 133 Å². The second-order valence-corrected chi connectivity index (χ2v) is 9.65. The number of para-hydroxylation sites is 4. The summed E-state index contributed by atoms with van der Waals surface area (Å²) in [7, 11) is 0. The smallest absolute Gasteiger partial charge is 0.220 e. The predicted octanol–water partition coefficient (Wildman–Crippen LogP) is 7.62. The van der Waals surface area contributed by atoms with Crippen LogP contribution in [0, 0.1) is 0 Å². The number of fused-ring (bicyclic) bond motifs is 5. The van der Waals surface area contributed by atoms with Crippen LogP contribution in [0.25, 0.3) is 67.7 Å². The summed E-state index contributed by atoms with van der Waals surface area (Å²) in [4.78, 5) is 19.6. The Morgan fingerprint density at radius 2 is 0.850 bits per heavy atom. The van der Waals surface area contributed by atoms with Gasteiger partial charge in [-0.25, -0.2) is 19.9 Å². The minimum absolute atomic E-state index is 0.633. The average molecular weight is 515 g/mol. The largest absolute Gasteiger partial charge is 0.278 e. The van der Waals surface area contributed by atoms with Gasteiger partial charge < -0.3 is 0 Å². The van der Waals surface area contributed by atoms with Crippen molar-refractivity contribution in [2.75, 3.05) is 0 Å². The highest BCUT2D eigenvalue weighted by molar-refractivity contribution is 5.92. The molecular formula is C34H22N6. The molecule has 0 fully saturated rings. The van der Waals surface area contributed by atoms with Crippen molar-refractivity contribution in [3.8, 4) is 39.9 Å². The van der Waals surface area contributed by atoms with Gasteiger partial charge in [0.15, 0.2) is 17.5 Å². The molecule has 6 nitrogen and oxygen atoms in total. The van der Waals surface area contributed by atoms with E-state index in [0.29, 0.717) is 17.5 Å². The third-order valence-electron chi connectivity index (χ3n) is 7.19. The Kier molecular flexibility index (Phi) is 5.03. The number of hydrogen-bond donors (Lipinski definition) is 0. The summed E-state index contributed by atoms with van der Waals surface area (Å²) < 4.78 is 4.43. The molecule has 0 saturated carbocycles. The van der Waals surface area contributed by atoms with Gasteiger partial charge in [-0.2, -0.15) is 0 Å². The molecule has 3 aromatic heterocycles. The fraction of sp³-hybridized carbons (Fsp3) is 0. The highest BCUT2D eigenvalue weighted by Gasteiger charge is 2.17. The van der Waals surface area contributed by atoms with Gasteiger partial charge in [0, 0.05) is 22.4 Å². The normalized spacial score (nSPS) is 11.5. The molecule has 5 aromatic carbocycles. The monoisotopic (exact) mass is 514 g/mol. The summed E-state index contributed by atoms with van der Waals surface area (Å²) in [5, 5.41) is 0. The molecule has 0 unspecified atom stereocenters. The molecule has 40 heavy (non-hydrogen) atoms. The first-order valence-corrected chi connectivity index (χ1v) is 13.2. The van der Waals surface area contributed by atoms with Crippen molar-refractivity contribution >= 4 is 27.8 Å². The molecule has 0 spiro atoms. The van der Waals surface area contributed by atoms with E-state index in [1.807, 2.05) is 66.7 Å². The summed E-state index contributed by atoms with van der Waals surface area (Å²) in [6, 6.07) is 45.1. The van der Waals surface area contributed by atoms with Crippen molar-refractivity contribution in [3.63, 3.8) is 0 Å². The predicted molar refractivity (Wildman–Crippen MR) is 159 cm³/mol. The Labute approximate surface area is 229 Å². The summed E-state index contributed by atoms with van der Waals surface area (Å²) in [5.74, 6) is 2.81. The van der Waals surface area contributed by atoms with Gasteiger partial charge >= 0.3 is 0 Å². The van der Waals surface area contributed by atoms with E-state index in [-0.39, 0.29) is 0 Å². The van der Waals surface area contributed by atoms with Gasteiger partial charge in [-0.3, -0.25) is 8.97 Å². The van der Waals surface area contributed by atoms with Gasteiger partial charge in [0.1, 0.15) is 0 Å². The standard InChI is InChI=1S/C34H22N6/c1-3-11-23(12-4-1)31-36-32(24-13-5-2-6-14-24)38-33(37-31)25-19-21-26(22-20-25)39-29-17-9-10-18-30(29)40-28-16-8-7-15-27(28)35-34(39)40/h1-22H. The Bertz CT molecular complexity index is 2090. The van der Waals surface area contributed by atoms with E-state index in [9.17, 15) is 0 Å². The van der Waals surface area contributed by atoms with E-state index in [1.54, 1.807) is 0 Å². The lowest BCUT2D eigenvalue weighted by atomic mass is 10.1. The molecule has 8 aromatic rings. The number of rotatable bonds is 4. The van der Waals surface area contributed by atoms with Crippen molar-refractivity contribution in [2.45, 2.75) is 0 Å². The second-order valence-electron chi connectivity index (χ2n) is 9.65. The highest BCUT2D eigenvalue weighted by Crippen LogP contribution is 2.30. The minimum Gasteiger partial charge on any atom is -0.278 e. The summed E-state index contributed by atoms with van der Waals surface area (Å²) >= 11 is 0. The Hall–Kier alpha value is -5.62. The van der Waals surface area contributed by atoms with Crippen LogP contribution < -0.4 is 0 Å². The van der Waals surface area contributed by atoms with Crippen molar-refractivity contribution in [1.82, 2.24) is 28.9 Å². The lowest BCUT2D eigenvalue weighted by Crippen LogP contribution is -2.00. The average Bonchev–Trinajstić information content (AvgIpc) is 3.56. The first-order valence-electron chi connectivity index (χ1n) is 13.2. The Morgan fingerprint density at radius 3 is 1.45 bits per heavy atom. The van der Waals surface area contributed by atoms with Crippen LogP contribution >= 0.6 is 0 Å². The maximum atomic E-state index is 4.99. The van der Waals surface area contributed by atoms with Crippen molar-refractivity contribution in [3.05, 3.63) is 133 Å².